The predicted octanol–water partition coefficient (Wildman–Crippen LogP) is 4.76. The standard InChI is InChI=1S/C14H14ClF3N4OS2/c1-7(2)19-12-21-22-13(25-12)24-6-11(23)20-10-4-3-8(15)5-9(10)14(16,17)18/h3-5,7H,6H2,1-2H3,(H,19,21)(H,20,23). The molecule has 1 aromatic heterocycles. The highest BCUT2D eigenvalue weighted by atomic mass is 35.5. The number of benzene rings is 1. The first-order valence-electron chi connectivity index (χ1n) is 7.04. The van der Waals surface area contributed by atoms with Crippen LogP contribution in [-0.4, -0.2) is 27.9 Å². The maximum absolute atomic E-state index is 13.0. The smallest absolute Gasteiger partial charge is 0.358 e. The van der Waals surface area contributed by atoms with Crippen LogP contribution in [0.4, 0.5) is 24.0 Å². The van der Waals surface area contributed by atoms with Gasteiger partial charge in [-0.25, -0.2) is 0 Å². The highest BCUT2D eigenvalue weighted by Crippen LogP contribution is 2.36. The van der Waals surface area contributed by atoms with Gasteiger partial charge in [-0.3, -0.25) is 4.79 Å². The highest BCUT2D eigenvalue weighted by Gasteiger charge is 2.34. The van der Waals surface area contributed by atoms with Gasteiger partial charge < -0.3 is 10.6 Å². The van der Waals surface area contributed by atoms with E-state index >= 15 is 0 Å². The minimum Gasteiger partial charge on any atom is -0.358 e. The van der Waals surface area contributed by atoms with Crippen molar-refractivity contribution in [2.45, 2.75) is 30.4 Å². The predicted molar refractivity (Wildman–Crippen MR) is 94.5 cm³/mol. The van der Waals surface area contributed by atoms with E-state index in [1.807, 2.05) is 13.8 Å². The van der Waals surface area contributed by atoms with Gasteiger partial charge in [0.05, 0.1) is 17.0 Å². The van der Waals surface area contributed by atoms with Gasteiger partial charge >= 0.3 is 6.18 Å². The molecule has 0 aliphatic heterocycles. The van der Waals surface area contributed by atoms with Crippen LogP contribution in [0.25, 0.3) is 0 Å². The van der Waals surface area contributed by atoms with Crippen LogP contribution >= 0.6 is 34.7 Å². The van der Waals surface area contributed by atoms with E-state index < -0.39 is 17.6 Å². The van der Waals surface area contributed by atoms with Crippen LogP contribution in [0.2, 0.25) is 5.02 Å². The number of hydrogen-bond acceptors (Lipinski definition) is 6. The Morgan fingerprint density at radius 2 is 2.08 bits per heavy atom. The van der Waals surface area contributed by atoms with Gasteiger partial charge in [0.25, 0.3) is 0 Å². The molecule has 136 valence electrons. The van der Waals surface area contributed by atoms with Crippen molar-refractivity contribution in [1.29, 1.82) is 0 Å². The number of nitrogens with zero attached hydrogens (tertiary/aromatic N) is 2. The number of rotatable bonds is 6. The third-order valence-electron chi connectivity index (χ3n) is 2.71. The van der Waals surface area contributed by atoms with E-state index in [9.17, 15) is 18.0 Å². The Morgan fingerprint density at radius 3 is 2.72 bits per heavy atom. The van der Waals surface area contributed by atoms with Crippen molar-refractivity contribution in [2.24, 2.45) is 0 Å². The molecular weight excluding hydrogens is 397 g/mol. The number of amides is 1. The second-order valence-electron chi connectivity index (χ2n) is 5.20. The van der Waals surface area contributed by atoms with Crippen molar-refractivity contribution in [3.05, 3.63) is 28.8 Å². The largest absolute Gasteiger partial charge is 0.418 e. The maximum atomic E-state index is 13.0. The lowest BCUT2D eigenvalue weighted by Crippen LogP contribution is -2.18. The number of halogens is 4. The average molecular weight is 411 g/mol. The zero-order valence-corrected chi connectivity index (χ0v) is 15.5. The Bertz CT molecular complexity index is 752. The molecule has 0 atom stereocenters. The lowest BCUT2D eigenvalue weighted by molar-refractivity contribution is -0.137. The van der Waals surface area contributed by atoms with Crippen LogP contribution < -0.4 is 10.6 Å². The van der Waals surface area contributed by atoms with E-state index in [1.165, 1.54) is 17.4 Å². The number of nitrogens with one attached hydrogen (secondary N) is 2. The zero-order valence-electron chi connectivity index (χ0n) is 13.1. The Labute approximate surface area is 155 Å². The van der Waals surface area contributed by atoms with Crippen molar-refractivity contribution in [1.82, 2.24) is 10.2 Å². The van der Waals surface area contributed by atoms with Crippen molar-refractivity contribution < 1.29 is 18.0 Å². The van der Waals surface area contributed by atoms with Crippen molar-refractivity contribution in [3.8, 4) is 0 Å². The summed E-state index contributed by atoms with van der Waals surface area (Å²) in [5, 5.41) is 13.7. The normalized spacial score (nSPS) is 11.6. The van der Waals surface area contributed by atoms with Gasteiger partial charge in [-0.15, -0.1) is 10.2 Å². The van der Waals surface area contributed by atoms with Gasteiger partial charge in [-0.2, -0.15) is 13.2 Å². The summed E-state index contributed by atoms with van der Waals surface area (Å²) in [5.41, 5.74) is -1.32. The van der Waals surface area contributed by atoms with Crippen LogP contribution in [0.1, 0.15) is 19.4 Å². The zero-order chi connectivity index (χ0) is 18.6. The molecule has 2 N–H and O–H groups in total. The summed E-state index contributed by atoms with van der Waals surface area (Å²) in [5.74, 6) is -0.664. The first-order chi connectivity index (χ1) is 11.6. The molecule has 0 radical (unpaired) electrons. The number of hydrogen-bond donors (Lipinski definition) is 2. The molecule has 0 unspecified atom stereocenters. The molecule has 5 nitrogen and oxygen atoms in total. The second kappa shape index (κ2) is 8.24. The van der Waals surface area contributed by atoms with E-state index in [4.69, 9.17) is 11.6 Å². The average Bonchev–Trinajstić information content (AvgIpc) is 2.92. The highest BCUT2D eigenvalue weighted by molar-refractivity contribution is 8.01. The Kier molecular flexibility index (Phi) is 6.53. The van der Waals surface area contributed by atoms with Gasteiger partial charge in [0.1, 0.15) is 0 Å². The van der Waals surface area contributed by atoms with E-state index in [1.54, 1.807) is 0 Å². The number of carbonyl (C=O) groups excluding carboxylic acids is 1. The molecule has 25 heavy (non-hydrogen) atoms. The Balaban J connectivity index is 1.98. The number of alkyl halides is 3. The molecule has 1 heterocycles. The molecule has 11 heteroatoms. The maximum Gasteiger partial charge on any atom is 0.418 e. The molecule has 0 fully saturated rings. The van der Waals surface area contributed by atoms with Crippen molar-refractivity contribution in [3.63, 3.8) is 0 Å². The summed E-state index contributed by atoms with van der Waals surface area (Å²) < 4.78 is 39.5. The van der Waals surface area contributed by atoms with Crippen LogP contribution in [0.15, 0.2) is 22.5 Å². The third kappa shape index (κ3) is 6.05. The van der Waals surface area contributed by atoms with Gasteiger partial charge in [-0.1, -0.05) is 34.7 Å². The minimum absolute atomic E-state index is 0.0567. The molecule has 0 spiro atoms. The lowest BCUT2D eigenvalue weighted by atomic mass is 10.1. The molecule has 0 saturated carbocycles. The van der Waals surface area contributed by atoms with Crippen LogP contribution in [0.3, 0.4) is 0 Å². The monoisotopic (exact) mass is 410 g/mol. The van der Waals surface area contributed by atoms with E-state index in [2.05, 4.69) is 20.8 Å². The molecular formula is C14H14ClF3N4OS2. The molecule has 0 aliphatic carbocycles. The van der Waals surface area contributed by atoms with Gasteiger partial charge in [0, 0.05) is 11.1 Å². The SMILES string of the molecule is CC(C)Nc1nnc(SCC(=O)Nc2ccc(Cl)cc2C(F)(F)F)s1. The molecule has 0 bridgehead atoms. The van der Waals surface area contributed by atoms with Gasteiger partial charge in [-0.05, 0) is 32.0 Å². The summed E-state index contributed by atoms with van der Waals surface area (Å²) in [6.45, 7) is 3.90. The molecule has 0 saturated heterocycles. The fourth-order valence-corrected chi connectivity index (χ4v) is 3.62. The lowest BCUT2D eigenvalue weighted by Gasteiger charge is -2.13. The minimum atomic E-state index is -4.61. The molecule has 1 amide bonds. The fraction of sp³-hybridized carbons (Fsp3) is 0.357. The van der Waals surface area contributed by atoms with Crippen LogP contribution in [-0.2, 0) is 11.0 Å². The third-order valence-corrected chi connectivity index (χ3v) is 4.93. The summed E-state index contributed by atoms with van der Waals surface area (Å²) in [6.07, 6.45) is -4.61. The second-order valence-corrected chi connectivity index (χ2v) is 7.83. The van der Waals surface area contributed by atoms with E-state index in [0.717, 1.165) is 23.9 Å². The van der Waals surface area contributed by atoms with Crippen LogP contribution in [0, 0.1) is 0 Å². The Hall–Kier alpha value is -1.52. The first kappa shape index (κ1) is 19.8. The number of carbonyl (C=O) groups is 1. The number of aromatic nitrogens is 2. The number of thioether (sulfide) groups is 1. The summed E-state index contributed by atoms with van der Waals surface area (Å²) >= 11 is 7.97. The molecule has 2 aromatic rings. The van der Waals surface area contributed by atoms with E-state index in [0.29, 0.717) is 9.47 Å². The molecule has 1 aromatic carbocycles. The quantitative estimate of drug-likeness (QED) is 0.672. The summed E-state index contributed by atoms with van der Waals surface area (Å²) in [6, 6.07) is 3.39. The summed E-state index contributed by atoms with van der Waals surface area (Å²) in [4.78, 5) is 11.9. The topological polar surface area (TPSA) is 66.9 Å². The fourth-order valence-electron chi connectivity index (χ4n) is 1.75. The van der Waals surface area contributed by atoms with Crippen LogP contribution in [0.5, 0.6) is 0 Å². The molecule has 2 rings (SSSR count). The number of anilines is 2. The van der Waals surface area contributed by atoms with Gasteiger partial charge in [0.2, 0.25) is 11.0 Å². The summed E-state index contributed by atoms with van der Waals surface area (Å²) in [7, 11) is 0. The van der Waals surface area contributed by atoms with Gasteiger partial charge in [0.15, 0.2) is 4.34 Å². The van der Waals surface area contributed by atoms with E-state index in [-0.39, 0.29) is 22.5 Å². The van der Waals surface area contributed by atoms with Crippen molar-refractivity contribution in [2.75, 3.05) is 16.4 Å². The molecule has 0 aliphatic rings. The van der Waals surface area contributed by atoms with Crippen molar-refractivity contribution >= 4 is 51.4 Å². The first-order valence-corrected chi connectivity index (χ1v) is 9.22. The Morgan fingerprint density at radius 1 is 1.36 bits per heavy atom.